The zero-order chi connectivity index (χ0) is 21.8. The predicted molar refractivity (Wildman–Crippen MR) is 113 cm³/mol. The Bertz CT molecular complexity index is 974. The highest BCUT2D eigenvalue weighted by Gasteiger charge is 2.41. The number of amides is 3. The number of likely N-dealkylation sites (tertiary alicyclic amines) is 1. The molecule has 2 aliphatic heterocycles. The van der Waals surface area contributed by atoms with Crippen LogP contribution in [0.4, 0.5) is 10.5 Å². The number of carbonyl (C=O) groups excluding carboxylic acids is 2. The van der Waals surface area contributed by atoms with Crippen molar-refractivity contribution in [2.24, 2.45) is 0 Å². The number of piperidine rings is 1. The Morgan fingerprint density at radius 1 is 1.16 bits per heavy atom. The zero-order valence-corrected chi connectivity index (χ0v) is 17.6. The molecule has 0 saturated carbocycles. The van der Waals surface area contributed by atoms with Gasteiger partial charge in [0.15, 0.2) is 0 Å². The first-order chi connectivity index (χ1) is 15.0. The zero-order valence-electron chi connectivity index (χ0n) is 17.6. The number of hydroxylamine groups is 1. The van der Waals surface area contributed by atoms with Crippen LogP contribution in [0, 0.1) is 6.92 Å². The molecular weight excluding hydrogens is 400 g/mol. The van der Waals surface area contributed by atoms with Gasteiger partial charge in [-0.1, -0.05) is 0 Å². The summed E-state index contributed by atoms with van der Waals surface area (Å²) in [6.45, 7) is 3.19. The molecule has 164 valence electrons. The first kappa shape index (κ1) is 20.8. The highest BCUT2D eigenvalue weighted by atomic mass is 16.7. The molecule has 3 heterocycles. The summed E-state index contributed by atoms with van der Waals surface area (Å²) in [4.78, 5) is 32.5. The van der Waals surface area contributed by atoms with E-state index in [0.717, 1.165) is 11.5 Å². The van der Waals surface area contributed by atoms with Gasteiger partial charge in [0.05, 0.1) is 13.7 Å². The van der Waals surface area contributed by atoms with Crippen LogP contribution in [-0.2, 0) is 16.2 Å². The lowest BCUT2D eigenvalue weighted by Crippen LogP contribution is -2.48. The van der Waals surface area contributed by atoms with E-state index in [4.69, 9.17) is 14.0 Å². The van der Waals surface area contributed by atoms with E-state index in [2.05, 4.69) is 16.1 Å². The van der Waals surface area contributed by atoms with E-state index >= 15 is 0 Å². The van der Waals surface area contributed by atoms with Gasteiger partial charge in [-0.05, 0) is 49.4 Å². The quantitative estimate of drug-likeness (QED) is 0.679. The smallest absolute Gasteiger partial charge is 0.321 e. The van der Waals surface area contributed by atoms with E-state index < -0.39 is 5.60 Å². The molecule has 1 aromatic carbocycles. The molecule has 2 aliphatic rings. The molecule has 9 heteroatoms. The van der Waals surface area contributed by atoms with Crippen molar-refractivity contribution in [3.8, 4) is 5.75 Å². The molecule has 3 amide bonds. The summed E-state index contributed by atoms with van der Waals surface area (Å²) in [6.07, 6.45) is 2.99. The maximum atomic E-state index is 12.6. The Hall–Kier alpha value is -3.46. The summed E-state index contributed by atoms with van der Waals surface area (Å²) in [5.41, 5.74) is 3.23. The molecule has 1 spiro atoms. The van der Waals surface area contributed by atoms with Crippen molar-refractivity contribution >= 4 is 17.6 Å². The fraction of sp³-hybridized carbons (Fsp3) is 0.364. The Balaban J connectivity index is 1.28. The van der Waals surface area contributed by atoms with Crippen molar-refractivity contribution in [3.05, 3.63) is 59.7 Å². The molecule has 31 heavy (non-hydrogen) atoms. The number of furan rings is 1. The number of aryl methyl sites for hydroxylation is 1. The van der Waals surface area contributed by atoms with Gasteiger partial charge < -0.3 is 24.7 Å². The number of carbonyl (C=O) groups is 2. The molecule has 0 bridgehead atoms. The second-order valence-electron chi connectivity index (χ2n) is 7.67. The van der Waals surface area contributed by atoms with Gasteiger partial charge in [-0.25, -0.2) is 4.79 Å². The van der Waals surface area contributed by atoms with Crippen LogP contribution in [0.2, 0.25) is 0 Å². The second-order valence-corrected chi connectivity index (χ2v) is 7.67. The topological polar surface area (TPSA) is 105 Å². The van der Waals surface area contributed by atoms with E-state index in [0.29, 0.717) is 49.6 Å². The average molecular weight is 426 g/mol. The summed E-state index contributed by atoms with van der Waals surface area (Å²) < 4.78 is 10.6. The summed E-state index contributed by atoms with van der Waals surface area (Å²) in [7, 11) is 1.60. The number of anilines is 1. The Labute approximate surface area is 180 Å². The third-order valence-electron chi connectivity index (χ3n) is 5.47. The van der Waals surface area contributed by atoms with Crippen molar-refractivity contribution in [1.29, 1.82) is 0 Å². The highest BCUT2D eigenvalue weighted by Crippen LogP contribution is 2.32. The molecule has 0 atom stereocenters. The minimum atomic E-state index is -0.592. The van der Waals surface area contributed by atoms with Gasteiger partial charge in [0, 0.05) is 31.6 Å². The summed E-state index contributed by atoms with van der Waals surface area (Å²) in [5.74, 6) is 1.96. The van der Waals surface area contributed by atoms with Crippen molar-refractivity contribution < 1.29 is 23.6 Å². The number of hydrogen-bond donors (Lipinski definition) is 3. The highest BCUT2D eigenvalue weighted by molar-refractivity contribution is 5.93. The summed E-state index contributed by atoms with van der Waals surface area (Å²) in [5, 5.41) is 5.70. The minimum absolute atomic E-state index is 0.165. The van der Waals surface area contributed by atoms with Crippen LogP contribution < -0.4 is 20.9 Å². The van der Waals surface area contributed by atoms with E-state index in [9.17, 15) is 9.59 Å². The monoisotopic (exact) mass is 426 g/mol. The Morgan fingerprint density at radius 2 is 1.90 bits per heavy atom. The summed E-state index contributed by atoms with van der Waals surface area (Å²) >= 11 is 0. The Kier molecular flexibility index (Phi) is 5.85. The third-order valence-corrected chi connectivity index (χ3v) is 5.47. The normalized spacial score (nSPS) is 17.1. The third kappa shape index (κ3) is 4.83. The second kappa shape index (κ2) is 8.73. The number of rotatable bonds is 5. The van der Waals surface area contributed by atoms with E-state index in [1.807, 2.05) is 25.1 Å². The van der Waals surface area contributed by atoms with Gasteiger partial charge in [0.2, 0.25) is 0 Å². The molecule has 0 radical (unpaired) electrons. The summed E-state index contributed by atoms with van der Waals surface area (Å²) in [6, 6.07) is 10.7. The van der Waals surface area contributed by atoms with Crippen molar-refractivity contribution in [2.75, 3.05) is 25.5 Å². The standard InChI is InChI=1S/C22H26N4O5/c1-15-3-6-18(30-15)14-23-20(27)19-13-22(31-25-19)9-11-26(12-10-22)21(28)24-16-4-7-17(29-2)8-5-16/h3-8,13,25H,9-12,14H2,1-2H3,(H,23,27)(H,24,28). The van der Waals surface area contributed by atoms with Gasteiger partial charge in [-0.3, -0.25) is 15.1 Å². The van der Waals surface area contributed by atoms with Crippen LogP contribution in [-0.4, -0.2) is 42.6 Å². The lowest BCUT2D eigenvalue weighted by atomic mass is 9.91. The first-order valence-corrected chi connectivity index (χ1v) is 10.2. The van der Waals surface area contributed by atoms with Crippen molar-refractivity contribution in [2.45, 2.75) is 31.9 Å². The van der Waals surface area contributed by atoms with Crippen LogP contribution in [0.15, 0.2) is 52.6 Å². The molecule has 4 rings (SSSR count). The molecular formula is C22H26N4O5. The van der Waals surface area contributed by atoms with Crippen LogP contribution in [0.1, 0.15) is 24.4 Å². The van der Waals surface area contributed by atoms with E-state index in [1.54, 1.807) is 36.3 Å². The van der Waals surface area contributed by atoms with Crippen LogP contribution in [0.3, 0.4) is 0 Å². The van der Waals surface area contributed by atoms with E-state index in [-0.39, 0.29) is 11.9 Å². The molecule has 0 unspecified atom stereocenters. The first-order valence-electron chi connectivity index (χ1n) is 10.2. The lowest BCUT2D eigenvalue weighted by Gasteiger charge is -2.36. The molecule has 0 aliphatic carbocycles. The van der Waals surface area contributed by atoms with Crippen molar-refractivity contribution in [1.82, 2.24) is 15.7 Å². The minimum Gasteiger partial charge on any atom is -0.497 e. The molecule has 2 aromatic rings. The molecule has 3 N–H and O–H groups in total. The largest absolute Gasteiger partial charge is 0.497 e. The number of nitrogens with one attached hydrogen (secondary N) is 3. The number of hydrogen-bond acceptors (Lipinski definition) is 6. The predicted octanol–water partition coefficient (Wildman–Crippen LogP) is 2.70. The maximum absolute atomic E-state index is 12.6. The molecule has 1 fully saturated rings. The lowest BCUT2D eigenvalue weighted by molar-refractivity contribution is -0.120. The van der Waals surface area contributed by atoms with Crippen LogP contribution in [0.25, 0.3) is 0 Å². The number of nitrogens with zero attached hydrogens (tertiary/aromatic N) is 1. The Morgan fingerprint density at radius 3 is 2.55 bits per heavy atom. The fourth-order valence-electron chi connectivity index (χ4n) is 3.64. The molecule has 9 nitrogen and oxygen atoms in total. The SMILES string of the molecule is COc1ccc(NC(=O)N2CCC3(C=C(C(=O)NCc4ccc(C)o4)NO3)CC2)cc1. The molecule has 1 saturated heterocycles. The number of ether oxygens (including phenoxy) is 1. The van der Waals surface area contributed by atoms with E-state index in [1.165, 1.54) is 0 Å². The van der Waals surface area contributed by atoms with Gasteiger partial charge >= 0.3 is 6.03 Å². The maximum Gasteiger partial charge on any atom is 0.321 e. The van der Waals surface area contributed by atoms with Crippen molar-refractivity contribution in [3.63, 3.8) is 0 Å². The number of urea groups is 1. The fourth-order valence-corrected chi connectivity index (χ4v) is 3.64. The van der Waals surface area contributed by atoms with Crippen LogP contribution in [0.5, 0.6) is 5.75 Å². The van der Waals surface area contributed by atoms with Gasteiger partial charge in [-0.15, -0.1) is 0 Å². The average Bonchev–Trinajstić information content (AvgIpc) is 3.39. The number of methoxy groups -OCH3 is 1. The molecule has 1 aromatic heterocycles. The van der Waals surface area contributed by atoms with Gasteiger partial charge in [0.25, 0.3) is 5.91 Å². The van der Waals surface area contributed by atoms with Gasteiger partial charge in [0.1, 0.15) is 28.6 Å². The van der Waals surface area contributed by atoms with Crippen LogP contribution >= 0.6 is 0 Å². The van der Waals surface area contributed by atoms with Gasteiger partial charge in [-0.2, -0.15) is 0 Å². The number of benzene rings is 1.